The number of benzene rings is 1. The molecule has 0 fully saturated rings. The number of anilines is 1. The van der Waals surface area contributed by atoms with Gasteiger partial charge in [0.25, 0.3) is 0 Å². The van der Waals surface area contributed by atoms with Gasteiger partial charge < -0.3 is 19.9 Å². The first kappa shape index (κ1) is 13.8. The van der Waals surface area contributed by atoms with Crippen LogP contribution in [0, 0.1) is 13.8 Å². The van der Waals surface area contributed by atoms with E-state index >= 15 is 0 Å². The fourth-order valence-corrected chi connectivity index (χ4v) is 2.50. The number of aliphatic hydroxyl groups is 1. The van der Waals surface area contributed by atoms with Gasteiger partial charge in [0.2, 0.25) is 6.79 Å². The van der Waals surface area contributed by atoms with Gasteiger partial charge in [0.05, 0.1) is 18.8 Å². The lowest BCUT2D eigenvalue weighted by atomic mass is 10.2. The van der Waals surface area contributed by atoms with Crippen LogP contribution in [0.4, 0.5) is 5.69 Å². The smallest absolute Gasteiger partial charge is 0.231 e. The molecule has 0 spiro atoms. The molecule has 0 saturated heterocycles. The largest absolute Gasteiger partial charge is 0.454 e. The highest BCUT2D eigenvalue weighted by Gasteiger charge is 2.14. The average Bonchev–Trinajstić information content (AvgIpc) is 3.03. The number of ether oxygens (including phenoxy) is 2. The zero-order valence-electron chi connectivity index (χ0n) is 12.2. The van der Waals surface area contributed by atoms with E-state index in [0.717, 1.165) is 34.1 Å². The second-order valence-electron chi connectivity index (χ2n) is 5.02. The van der Waals surface area contributed by atoms with Gasteiger partial charge in [-0.1, -0.05) is 0 Å². The molecule has 2 aromatic rings. The lowest BCUT2D eigenvalue weighted by molar-refractivity contribution is 0.174. The summed E-state index contributed by atoms with van der Waals surface area (Å²) in [7, 11) is 0. The van der Waals surface area contributed by atoms with Gasteiger partial charge in [-0.05, 0) is 26.0 Å². The average molecular weight is 289 g/mol. The van der Waals surface area contributed by atoms with Gasteiger partial charge in [-0.2, -0.15) is 5.10 Å². The topological polar surface area (TPSA) is 68.5 Å². The number of nitrogens with one attached hydrogen (secondary N) is 1. The highest BCUT2D eigenvalue weighted by atomic mass is 16.7. The maximum Gasteiger partial charge on any atom is 0.231 e. The minimum absolute atomic E-state index is 0.0942. The van der Waals surface area contributed by atoms with Gasteiger partial charge in [-0.3, -0.25) is 4.68 Å². The summed E-state index contributed by atoms with van der Waals surface area (Å²) in [5.74, 6) is 1.55. The number of aromatic nitrogens is 2. The van der Waals surface area contributed by atoms with Crippen molar-refractivity contribution in [2.24, 2.45) is 0 Å². The molecular formula is C15H19N3O3. The van der Waals surface area contributed by atoms with Crippen molar-refractivity contribution >= 4 is 5.69 Å². The van der Waals surface area contributed by atoms with E-state index in [-0.39, 0.29) is 13.4 Å². The lowest BCUT2D eigenvalue weighted by Crippen LogP contribution is -2.07. The Bertz CT molecular complexity index is 652. The van der Waals surface area contributed by atoms with Crippen LogP contribution < -0.4 is 14.8 Å². The number of hydrogen-bond acceptors (Lipinski definition) is 5. The zero-order valence-corrected chi connectivity index (χ0v) is 12.2. The van der Waals surface area contributed by atoms with E-state index in [1.165, 1.54) is 0 Å². The molecule has 6 heteroatoms. The van der Waals surface area contributed by atoms with Crippen LogP contribution in [0.3, 0.4) is 0 Å². The molecule has 6 nitrogen and oxygen atoms in total. The van der Waals surface area contributed by atoms with Gasteiger partial charge in [0, 0.05) is 29.6 Å². The van der Waals surface area contributed by atoms with E-state index in [1.54, 1.807) is 0 Å². The molecule has 2 heterocycles. The Balaban J connectivity index is 1.73. The standard InChI is InChI=1S/C15H19N3O3/c1-10-13(11(2)18(17-10)5-6-19)8-16-12-3-4-14-15(7-12)21-9-20-14/h3-4,7,16,19H,5-6,8-9H2,1-2H3. The zero-order chi connectivity index (χ0) is 14.8. The third kappa shape index (κ3) is 2.67. The number of aliphatic hydroxyl groups excluding tert-OH is 1. The predicted octanol–water partition coefficient (Wildman–Crippen LogP) is 1.83. The Morgan fingerprint density at radius 1 is 1.29 bits per heavy atom. The van der Waals surface area contributed by atoms with Crippen LogP contribution >= 0.6 is 0 Å². The van der Waals surface area contributed by atoms with Crippen LogP contribution in [0.25, 0.3) is 0 Å². The molecule has 0 amide bonds. The molecule has 3 rings (SSSR count). The Hall–Kier alpha value is -2.21. The summed E-state index contributed by atoms with van der Waals surface area (Å²) >= 11 is 0. The van der Waals surface area contributed by atoms with Gasteiger partial charge in [-0.15, -0.1) is 0 Å². The molecule has 0 aliphatic carbocycles. The van der Waals surface area contributed by atoms with Gasteiger partial charge in [-0.25, -0.2) is 0 Å². The number of aryl methyl sites for hydroxylation is 1. The summed E-state index contributed by atoms with van der Waals surface area (Å²) in [6.45, 7) is 5.59. The van der Waals surface area contributed by atoms with Crippen molar-refractivity contribution < 1.29 is 14.6 Å². The van der Waals surface area contributed by atoms with E-state index < -0.39 is 0 Å². The fourth-order valence-electron chi connectivity index (χ4n) is 2.50. The molecule has 0 radical (unpaired) electrons. The number of hydrogen-bond donors (Lipinski definition) is 2. The van der Waals surface area contributed by atoms with Crippen LogP contribution in [-0.2, 0) is 13.1 Å². The molecule has 1 aliphatic rings. The normalized spacial score (nSPS) is 12.7. The highest BCUT2D eigenvalue weighted by Crippen LogP contribution is 2.34. The molecule has 21 heavy (non-hydrogen) atoms. The first-order valence-electron chi connectivity index (χ1n) is 6.96. The van der Waals surface area contributed by atoms with Crippen LogP contribution in [0.1, 0.15) is 17.0 Å². The maximum absolute atomic E-state index is 9.04. The Labute approximate surface area is 123 Å². The molecule has 112 valence electrons. The Kier molecular flexibility index (Phi) is 3.70. The predicted molar refractivity (Wildman–Crippen MR) is 78.7 cm³/mol. The van der Waals surface area contributed by atoms with Gasteiger partial charge in [0.1, 0.15) is 0 Å². The van der Waals surface area contributed by atoms with Gasteiger partial charge >= 0.3 is 0 Å². The minimum atomic E-state index is 0.0942. The number of rotatable bonds is 5. The molecule has 2 N–H and O–H groups in total. The van der Waals surface area contributed by atoms with E-state index in [0.29, 0.717) is 13.1 Å². The fraction of sp³-hybridized carbons (Fsp3) is 0.400. The summed E-state index contributed by atoms with van der Waals surface area (Å²) in [4.78, 5) is 0. The second kappa shape index (κ2) is 5.65. The summed E-state index contributed by atoms with van der Waals surface area (Å²) < 4.78 is 12.5. The third-order valence-electron chi connectivity index (χ3n) is 3.69. The lowest BCUT2D eigenvalue weighted by Gasteiger charge is -2.08. The third-order valence-corrected chi connectivity index (χ3v) is 3.69. The first-order chi connectivity index (χ1) is 10.2. The second-order valence-corrected chi connectivity index (χ2v) is 5.02. The van der Waals surface area contributed by atoms with Crippen LogP contribution in [0.2, 0.25) is 0 Å². The summed E-state index contributed by atoms with van der Waals surface area (Å²) in [5.41, 5.74) is 4.19. The van der Waals surface area contributed by atoms with Crippen molar-refractivity contribution in [2.45, 2.75) is 26.9 Å². The van der Waals surface area contributed by atoms with E-state index in [1.807, 2.05) is 36.7 Å². The molecular weight excluding hydrogens is 270 g/mol. The molecule has 1 aliphatic heterocycles. The number of fused-ring (bicyclic) bond motifs is 1. The van der Waals surface area contributed by atoms with Crippen molar-refractivity contribution in [3.8, 4) is 11.5 Å². The first-order valence-corrected chi connectivity index (χ1v) is 6.96. The number of nitrogens with zero attached hydrogens (tertiary/aromatic N) is 2. The Morgan fingerprint density at radius 2 is 2.10 bits per heavy atom. The van der Waals surface area contributed by atoms with E-state index in [9.17, 15) is 0 Å². The molecule has 0 atom stereocenters. The van der Waals surface area contributed by atoms with Crippen molar-refractivity contribution in [1.82, 2.24) is 9.78 Å². The molecule has 0 bridgehead atoms. The molecule has 0 unspecified atom stereocenters. The molecule has 1 aromatic heterocycles. The molecule has 0 saturated carbocycles. The van der Waals surface area contributed by atoms with Crippen LogP contribution in [0.15, 0.2) is 18.2 Å². The Morgan fingerprint density at radius 3 is 2.90 bits per heavy atom. The van der Waals surface area contributed by atoms with Crippen molar-refractivity contribution in [1.29, 1.82) is 0 Å². The van der Waals surface area contributed by atoms with E-state index in [2.05, 4.69) is 10.4 Å². The van der Waals surface area contributed by atoms with Crippen LogP contribution in [0.5, 0.6) is 11.5 Å². The molecule has 1 aromatic carbocycles. The van der Waals surface area contributed by atoms with Gasteiger partial charge in [0.15, 0.2) is 11.5 Å². The minimum Gasteiger partial charge on any atom is -0.454 e. The van der Waals surface area contributed by atoms with Crippen LogP contribution in [-0.4, -0.2) is 28.3 Å². The SMILES string of the molecule is Cc1nn(CCO)c(C)c1CNc1ccc2c(c1)OCO2. The van der Waals surface area contributed by atoms with E-state index in [4.69, 9.17) is 14.6 Å². The summed E-state index contributed by atoms with van der Waals surface area (Å²) in [6, 6.07) is 5.81. The monoisotopic (exact) mass is 289 g/mol. The summed E-state index contributed by atoms with van der Waals surface area (Å²) in [6.07, 6.45) is 0. The van der Waals surface area contributed by atoms with Crippen molar-refractivity contribution in [2.75, 3.05) is 18.7 Å². The maximum atomic E-state index is 9.04. The van der Waals surface area contributed by atoms with Crippen molar-refractivity contribution in [3.05, 3.63) is 35.2 Å². The summed E-state index contributed by atoms with van der Waals surface area (Å²) in [5, 5.41) is 16.9. The quantitative estimate of drug-likeness (QED) is 0.879. The van der Waals surface area contributed by atoms with Crippen molar-refractivity contribution in [3.63, 3.8) is 0 Å². The highest BCUT2D eigenvalue weighted by molar-refractivity contribution is 5.55.